The molecule has 2 aromatic heterocycles. The first kappa shape index (κ1) is 22.7. The molecule has 2 heterocycles. The van der Waals surface area contributed by atoms with Gasteiger partial charge in [-0.3, -0.25) is 14.0 Å². The van der Waals surface area contributed by atoms with Gasteiger partial charge in [0.05, 0.1) is 43.8 Å². The molecule has 3 aromatic rings. The van der Waals surface area contributed by atoms with Crippen LogP contribution in [-0.4, -0.2) is 28.9 Å². The van der Waals surface area contributed by atoms with Crippen LogP contribution in [0.3, 0.4) is 0 Å². The number of aryl methyl sites for hydroxylation is 1. The van der Waals surface area contributed by atoms with Gasteiger partial charge in [0.1, 0.15) is 0 Å². The van der Waals surface area contributed by atoms with Crippen LogP contribution in [0.25, 0.3) is 17.3 Å². The molecule has 0 unspecified atom stereocenters. The van der Waals surface area contributed by atoms with E-state index in [2.05, 4.69) is 10.4 Å². The summed E-state index contributed by atoms with van der Waals surface area (Å²) in [6, 6.07) is 8.94. The molecule has 0 spiro atoms. The largest absolute Gasteiger partial charge is 0.472 e. The Labute approximate surface area is 181 Å². The van der Waals surface area contributed by atoms with Crippen molar-refractivity contribution in [2.75, 3.05) is 18.5 Å². The van der Waals surface area contributed by atoms with Crippen molar-refractivity contribution in [2.45, 2.75) is 20.0 Å². The molecule has 0 aliphatic heterocycles. The lowest BCUT2D eigenvalue weighted by Crippen LogP contribution is -2.07. The standard InChI is InChI=1S/C22H26N3O5P/c1-4-29-31(27,30-5-2)16-17-6-9-20(10-7-17)24-21(26)11-8-18-14-23-25(3)22(18)19-12-13-28-15-19/h6-15H,4-5,16H2,1-3H3,(H,24,26)/b11-8+. The second-order valence-corrected chi connectivity index (χ2v) is 8.76. The van der Waals surface area contributed by atoms with Gasteiger partial charge in [0.15, 0.2) is 0 Å². The van der Waals surface area contributed by atoms with E-state index in [0.29, 0.717) is 18.9 Å². The maximum absolute atomic E-state index is 12.6. The van der Waals surface area contributed by atoms with Crippen LogP contribution in [0.15, 0.2) is 59.5 Å². The van der Waals surface area contributed by atoms with Crippen molar-refractivity contribution < 1.29 is 22.8 Å². The van der Waals surface area contributed by atoms with Gasteiger partial charge in [-0.2, -0.15) is 5.10 Å². The number of amides is 1. The summed E-state index contributed by atoms with van der Waals surface area (Å²) >= 11 is 0. The number of anilines is 1. The topological polar surface area (TPSA) is 95.6 Å². The Hall–Kier alpha value is -2.93. The zero-order valence-corrected chi connectivity index (χ0v) is 18.7. The van der Waals surface area contributed by atoms with Gasteiger partial charge in [0.25, 0.3) is 0 Å². The minimum atomic E-state index is -3.17. The second kappa shape index (κ2) is 10.4. The molecule has 3 rings (SSSR count). The predicted octanol–water partition coefficient (Wildman–Crippen LogP) is 5.10. The number of nitrogens with one attached hydrogen (secondary N) is 1. The molecule has 8 nitrogen and oxygen atoms in total. The third kappa shape index (κ3) is 6.04. The van der Waals surface area contributed by atoms with Crippen LogP contribution in [0.4, 0.5) is 5.69 Å². The number of carbonyl (C=O) groups is 1. The van der Waals surface area contributed by atoms with Crippen LogP contribution in [0.1, 0.15) is 25.0 Å². The quantitative estimate of drug-likeness (QED) is 0.346. The van der Waals surface area contributed by atoms with Crippen molar-refractivity contribution >= 4 is 25.3 Å². The Morgan fingerprint density at radius 3 is 2.52 bits per heavy atom. The maximum Gasteiger partial charge on any atom is 0.335 e. The van der Waals surface area contributed by atoms with E-state index >= 15 is 0 Å². The summed E-state index contributed by atoms with van der Waals surface area (Å²) in [5.41, 5.74) is 3.97. The molecular formula is C22H26N3O5P. The molecule has 0 saturated carbocycles. The monoisotopic (exact) mass is 443 g/mol. The molecule has 164 valence electrons. The van der Waals surface area contributed by atoms with Gasteiger partial charge in [0, 0.05) is 29.9 Å². The lowest BCUT2D eigenvalue weighted by Gasteiger charge is -2.17. The first-order valence-electron chi connectivity index (χ1n) is 9.95. The molecule has 0 bridgehead atoms. The van der Waals surface area contributed by atoms with Crippen molar-refractivity contribution in [1.82, 2.24) is 9.78 Å². The number of rotatable bonds is 10. The molecule has 0 saturated heterocycles. The van der Waals surface area contributed by atoms with Crippen LogP contribution in [0.2, 0.25) is 0 Å². The highest BCUT2D eigenvalue weighted by Gasteiger charge is 2.23. The Balaban J connectivity index is 1.64. The Bertz CT molecular complexity index is 1060. The van der Waals surface area contributed by atoms with Crippen molar-refractivity contribution in [1.29, 1.82) is 0 Å². The fraction of sp³-hybridized carbons (Fsp3) is 0.273. The molecule has 9 heteroatoms. The van der Waals surface area contributed by atoms with E-state index < -0.39 is 7.60 Å². The van der Waals surface area contributed by atoms with E-state index in [1.807, 2.05) is 13.1 Å². The van der Waals surface area contributed by atoms with Gasteiger partial charge >= 0.3 is 7.60 Å². The summed E-state index contributed by atoms with van der Waals surface area (Å²) in [6.07, 6.45) is 8.25. The van der Waals surface area contributed by atoms with Crippen molar-refractivity contribution in [3.05, 3.63) is 66.3 Å². The van der Waals surface area contributed by atoms with Crippen molar-refractivity contribution in [3.63, 3.8) is 0 Å². The van der Waals surface area contributed by atoms with Gasteiger partial charge in [-0.05, 0) is 43.7 Å². The molecule has 0 aliphatic carbocycles. The zero-order valence-electron chi connectivity index (χ0n) is 17.8. The SMILES string of the molecule is CCOP(=O)(Cc1ccc(NC(=O)/C=C/c2cnn(C)c2-c2ccoc2)cc1)OCC. The molecule has 1 amide bonds. The minimum Gasteiger partial charge on any atom is -0.472 e. The van der Waals surface area contributed by atoms with Crippen LogP contribution in [0.5, 0.6) is 0 Å². The number of benzene rings is 1. The zero-order chi connectivity index (χ0) is 22.3. The molecule has 0 atom stereocenters. The van der Waals surface area contributed by atoms with Gasteiger partial charge in [-0.1, -0.05) is 12.1 Å². The summed E-state index contributed by atoms with van der Waals surface area (Å²) in [6.45, 7) is 4.19. The highest BCUT2D eigenvalue weighted by Crippen LogP contribution is 2.51. The lowest BCUT2D eigenvalue weighted by atomic mass is 10.1. The normalized spacial score (nSPS) is 11.8. The van der Waals surface area contributed by atoms with E-state index in [1.165, 1.54) is 6.08 Å². The Kier molecular flexibility index (Phi) is 7.63. The summed E-state index contributed by atoms with van der Waals surface area (Å²) in [4.78, 5) is 12.3. The van der Waals surface area contributed by atoms with Crippen molar-refractivity contribution in [3.8, 4) is 11.3 Å². The van der Waals surface area contributed by atoms with E-state index in [9.17, 15) is 9.36 Å². The molecule has 1 aromatic carbocycles. The highest BCUT2D eigenvalue weighted by molar-refractivity contribution is 7.53. The Morgan fingerprint density at radius 1 is 1.19 bits per heavy atom. The van der Waals surface area contributed by atoms with Crippen LogP contribution in [-0.2, 0) is 31.6 Å². The highest BCUT2D eigenvalue weighted by atomic mass is 31.2. The third-order valence-corrected chi connectivity index (χ3v) is 6.48. The minimum absolute atomic E-state index is 0.181. The van der Waals surface area contributed by atoms with Gasteiger partial charge in [-0.15, -0.1) is 0 Å². The molecule has 31 heavy (non-hydrogen) atoms. The van der Waals surface area contributed by atoms with Crippen LogP contribution in [0, 0.1) is 0 Å². The van der Waals surface area contributed by atoms with Crippen molar-refractivity contribution in [2.24, 2.45) is 7.05 Å². The summed E-state index contributed by atoms with van der Waals surface area (Å²) in [5, 5.41) is 7.06. The molecular weight excluding hydrogens is 417 g/mol. The first-order chi connectivity index (χ1) is 14.9. The lowest BCUT2D eigenvalue weighted by molar-refractivity contribution is -0.111. The van der Waals surface area contributed by atoms with E-state index in [4.69, 9.17) is 13.5 Å². The molecule has 0 radical (unpaired) electrons. The molecule has 0 aliphatic rings. The summed E-state index contributed by atoms with van der Waals surface area (Å²) in [7, 11) is -1.33. The van der Waals surface area contributed by atoms with Gasteiger partial charge < -0.3 is 18.8 Å². The molecule has 0 fully saturated rings. The second-order valence-electron chi connectivity index (χ2n) is 6.71. The summed E-state index contributed by atoms with van der Waals surface area (Å²) in [5.74, 6) is -0.274. The predicted molar refractivity (Wildman–Crippen MR) is 120 cm³/mol. The summed E-state index contributed by atoms with van der Waals surface area (Å²) < 4.78 is 30.2. The fourth-order valence-electron chi connectivity index (χ4n) is 3.12. The van der Waals surface area contributed by atoms with E-state index in [0.717, 1.165) is 22.4 Å². The smallest absolute Gasteiger partial charge is 0.335 e. The van der Waals surface area contributed by atoms with Crippen LogP contribution < -0.4 is 5.32 Å². The van der Waals surface area contributed by atoms with E-state index in [-0.39, 0.29) is 12.1 Å². The first-order valence-corrected chi connectivity index (χ1v) is 11.7. The number of furan rings is 1. The fourth-order valence-corrected chi connectivity index (χ4v) is 4.82. The number of aromatic nitrogens is 2. The maximum atomic E-state index is 12.6. The van der Waals surface area contributed by atoms with E-state index in [1.54, 1.807) is 67.6 Å². The number of hydrogen-bond acceptors (Lipinski definition) is 6. The molecule has 1 N–H and O–H groups in total. The van der Waals surface area contributed by atoms with Crippen LogP contribution >= 0.6 is 7.60 Å². The van der Waals surface area contributed by atoms with Gasteiger partial charge in [-0.25, -0.2) is 0 Å². The average Bonchev–Trinajstić information content (AvgIpc) is 3.37. The average molecular weight is 443 g/mol. The number of hydrogen-bond donors (Lipinski definition) is 1. The van der Waals surface area contributed by atoms with Gasteiger partial charge in [0.2, 0.25) is 5.91 Å². The Morgan fingerprint density at radius 2 is 1.90 bits per heavy atom. The number of carbonyl (C=O) groups excluding carboxylic acids is 1. The third-order valence-electron chi connectivity index (χ3n) is 4.43. The number of nitrogens with zero attached hydrogens (tertiary/aromatic N) is 2.